The van der Waals surface area contributed by atoms with Crippen molar-refractivity contribution in [3.8, 4) is 0 Å². The van der Waals surface area contributed by atoms with Crippen LogP contribution in [0.1, 0.15) is 6.92 Å². The van der Waals surface area contributed by atoms with Gasteiger partial charge in [-0.1, -0.05) is 18.2 Å². The van der Waals surface area contributed by atoms with E-state index in [1.54, 1.807) is 13.1 Å². The molecule has 0 fully saturated rings. The average Bonchev–Trinajstić information content (AvgIpc) is 2.79. The summed E-state index contributed by atoms with van der Waals surface area (Å²) in [6, 6.07) is 11.6. The molecule has 4 nitrogen and oxygen atoms in total. The SMILES string of the molecule is CCOC(=O)n1ccc2nc3ccccc3cc21. The molecular formula is C14H12N2O2. The molecule has 3 rings (SSSR count). The second kappa shape index (κ2) is 4.14. The number of pyridine rings is 1. The smallest absolute Gasteiger partial charge is 0.418 e. The van der Waals surface area contributed by atoms with Crippen LogP contribution in [0.5, 0.6) is 0 Å². The predicted molar refractivity (Wildman–Crippen MR) is 69.7 cm³/mol. The first-order valence-corrected chi connectivity index (χ1v) is 5.83. The summed E-state index contributed by atoms with van der Waals surface area (Å²) in [5.74, 6) is 0. The second-order valence-corrected chi connectivity index (χ2v) is 3.97. The Balaban J connectivity index is 2.23. The summed E-state index contributed by atoms with van der Waals surface area (Å²) < 4.78 is 6.49. The standard InChI is InChI=1S/C14H12N2O2/c1-2-18-14(17)16-8-7-12-13(16)9-10-5-3-4-6-11(10)15-12/h3-9H,2H2,1H3. The van der Waals surface area contributed by atoms with Crippen molar-refractivity contribution in [2.24, 2.45) is 0 Å². The molecule has 0 unspecified atom stereocenters. The quantitative estimate of drug-likeness (QED) is 0.656. The second-order valence-electron chi connectivity index (χ2n) is 3.97. The molecule has 0 amide bonds. The van der Waals surface area contributed by atoms with Gasteiger partial charge in [0, 0.05) is 11.6 Å². The summed E-state index contributed by atoms with van der Waals surface area (Å²) in [5, 5.41) is 1.01. The molecule has 0 N–H and O–H groups in total. The zero-order valence-corrected chi connectivity index (χ0v) is 9.96. The zero-order chi connectivity index (χ0) is 12.5. The first kappa shape index (κ1) is 10.8. The molecule has 0 aliphatic rings. The van der Waals surface area contributed by atoms with Crippen LogP contribution in [0.15, 0.2) is 42.6 Å². The van der Waals surface area contributed by atoms with E-state index in [-0.39, 0.29) is 6.09 Å². The van der Waals surface area contributed by atoms with Crippen molar-refractivity contribution in [3.05, 3.63) is 42.6 Å². The Labute approximate surface area is 104 Å². The van der Waals surface area contributed by atoms with Gasteiger partial charge in [-0.3, -0.25) is 4.57 Å². The summed E-state index contributed by atoms with van der Waals surface area (Å²) in [7, 11) is 0. The van der Waals surface area contributed by atoms with E-state index in [1.165, 1.54) is 4.57 Å². The van der Waals surface area contributed by atoms with Crippen LogP contribution in [0.3, 0.4) is 0 Å². The molecule has 0 aliphatic carbocycles. The van der Waals surface area contributed by atoms with E-state index in [1.807, 2.05) is 36.4 Å². The minimum atomic E-state index is -0.371. The van der Waals surface area contributed by atoms with Gasteiger partial charge in [0.2, 0.25) is 0 Å². The molecule has 0 atom stereocenters. The van der Waals surface area contributed by atoms with Crippen LogP contribution in [-0.2, 0) is 4.74 Å². The Kier molecular flexibility index (Phi) is 2.48. The lowest BCUT2D eigenvalue weighted by atomic mass is 10.2. The molecule has 1 aromatic carbocycles. The minimum absolute atomic E-state index is 0.361. The molecule has 0 saturated heterocycles. The molecule has 0 aliphatic heterocycles. The molecule has 90 valence electrons. The number of ether oxygens (including phenoxy) is 1. The van der Waals surface area contributed by atoms with Crippen LogP contribution in [-0.4, -0.2) is 22.3 Å². The highest BCUT2D eigenvalue weighted by molar-refractivity contribution is 5.95. The highest BCUT2D eigenvalue weighted by atomic mass is 16.5. The number of benzene rings is 1. The molecule has 3 aromatic rings. The van der Waals surface area contributed by atoms with Gasteiger partial charge in [0.1, 0.15) is 0 Å². The maximum atomic E-state index is 11.8. The first-order chi connectivity index (χ1) is 8.79. The van der Waals surface area contributed by atoms with Gasteiger partial charge in [0.05, 0.1) is 23.2 Å². The van der Waals surface area contributed by atoms with Gasteiger partial charge in [0.25, 0.3) is 0 Å². The lowest BCUT2D eigenvalue weighted by Crippen LogP contribution is -2.12. The van der Waals surface area contributed by atoms with Gasteiger partial charge in [-0.05, 0) is 25.1 Å². The number of para-hydroxylation sites is 1. The third-order valence-electron chi connectivity index (χ3n) is 2.84. The molecule has 18 heavy (non-hydrogen) atoms. The van der Waals surface area contributed by atoms with Crippen LogP contribution in [0.2, 0.25) is 0 Å². The van der Waals surface area contributed by atoms with Crippen molar-refractivity contribution >= 4 is 28.0 Å². The highest BCUT2D eigenvalue weighted by Gasteiger charge is 2.10. The molecular weight excluding hydrogens is 228 g/mol. The van der Waals surface area contributed by atoms with Crippen LogP contribution in [0, 0.1) is 0 Å². The van der Waals surface area contributed by atoms with E-state index >= 15 is 0 Å². The van der Waals surface area contributed by atoms with Crippen LogP contribution >= 0.6 is 0 Å². The maximum Gasteiger partial charge on any atom is 0.418 e. The van der Waals surface area contributed by atoms with Crippen LogP contribution in [0.4, 0.5) is 4.79 Å². The summed E-state index contributed by atoms with van der Waals surface area (Å²) in [6.07, 6.45) is 1.32. The Morgan fingerprint density at radius 3 is 2.94 bits per heavy atom. The van der Waals surface area contributed by atoms with Crippen molar-refractivity contribution in [1.29, 1.82) is 0 Å². The molecule has 0 bridgehead atoms. The Hall–Kier alpha value is -2.36. The Morgan fingerprint density at radius 1 is 1.28 bits per heavy atom. The van der Waals surface area contributed by atoms with E-state index in [0.29, 0.717) is 6.61 Å². The Bertz CT molecular complexity index is 731. The number of carbonyl (C=O) groups is 1. The van der Waals surface area contributed by atoms with Gasteiger partial charge in [-0.15, -0.1) is 0 Å². The van der Waals surface area contributed by atoms with Crippen molar-refractivity contribution in [2.45, 2.75) is 6.92 Å². The number of rotatable bonds is 1. The number of hydrogen-bond donors (Lipinski definition) is 0. The summed E-state index contributed by atoms with van der Waals surface area (Å²) in [5.41, 5.74) is 2.49. The number of nitrogens with zero attached hydrogens (tertiary/aromatic N) is 2. The van der Waals surface area contributed by atoms with Crippen molar-refractivity contribution in [2.75, 3.05) is 6.61 Å². The van der Waals surface area contributed by atoms with Gasteiger partial charge in [0.15, 0.2) is 0 Å². The Morgan fingerprint density at radius 2 is 2.11 bits per heavy atom. The van der Waals surface area contributed by atoms with Crippen molar-refractivity contribution < 1.29 is 9.53 Å². The van der Waals surface area contributed by atoms with Crippen LogP contribution in [0.25, 0.3) is 21.9 Å². The molecule has 2 aromatic heterocycles. The third kappa shape index (κ3) is 1.62. The van der Waals surface area contributed by atoms with Gasteiger partial charge in [-0.2, -0.15) is 0 Å². The minimum Gasteiger partial charge on any atom is -0.449 e. The van der Waals surface area contributed by atoms with Gasteiger partial charge < -0.3 is 4.74 Å². The van der Waals surface area contributed by atoms with Crippen molar-refractivity contribution in [3.63, 3.8) is 0 Å². The van der Waals surface area contributed by atoms with Crippen LogP contribution < -0.4 is 0 Å². The van der Waals surface area contributed by atoms with E-state index in [0.717, 1.165) is 21.9 Å². The number of aromatic nitrogens is 2. The van der Waals surface area contributed by atoms with E-state index < -0.39 is 0 Å². The molecule has 2 heterocycles. The summed E-state index contributed by atoms with van der Waals surface area (Å²) in [4.78, 5) is 16.3. The van der Waals surface area contributed by atoms with Gasteiger partial charge in [-0.25, -0.2) is 9.78 Å². The predicted octanol–water partition coefficient (Wildman–Crippen LogP) is 3.19. The number of fused-ring (bicyclic) bond motifs is 2. The zero-order valence-electron chi connectivity index (χ0n) is 9.96. The number of hydrogen-bond acceptors (Lipinski definition) is 3. The van der Waals surface area contributed by atoms with E-state index in [2.05, 4.69) is 4.98 Å². The fraction of sp³-hybridized carbons (Fsp3) is 0.143. The highest BCUT2D eigenvalue weighted by Crippen LogP contribution is 2.20. The first-order valence-electron chi connectivity index (χ1n) is 5.83. The third-order valence-corrected chi connectivity index (χ3v) is 2.84. The summed E-state index contributed by atoms with van der Waals surface area (Å²) >= 11 is 0. The number of carbonyl (C=O) groups excluding carboxylic acids is 1. The van der Waals surface area contributed by atoms with E-state index in [9.17, 15) is 4.79 Å². The van der Waals surface area contributed by atoms with Crippen molar-refractivity contribution in [1.82, 2.24) is 9.55 Å². The molecule has 0 spiro atoms. The largest absolute Gasteiger partial charge is 0.449 e. The van der Waals surface area contributed by atoms with Gasteiger partial charge >= 0.3 is 6.09 Å². The fourth-order valence-corrected chi connectivity index (χ4v) is 2.01. The fourth-order valence-electron chi connectivity index (χ4n) is 2.01. The van der Waals surface area contributed by atoms with E-state index in [4.69, 9.17) is 4.74 Å². The topological polar surface area (TPSA) is 44.1 Å². The lowest BCUT2D eigenvalue weighted by molar-refractivity contribution is 0.155. The molecule has 4 heteroatoms. The molecule has 0 saturated carbocycles. The molecule has 0 radical (unpaired) electrons. The average molecular weight is 240 g/mol. The maximum absolute atomic E-state index is 11.8. The monoisotopic (exact) mass is 240 g/mol. The summed E-state index contributed by atoms with van der Waals surface area (Å²) in [6.45, 7) is 2.15. The normalized spacial score (nSPS) is 10.9. The lowest BCUT2D eigenvalue weighted by Gasteiger charge is -2.04.